The molecule has 0 amide bonds. The zero-order valence-corrected chi connectivity index (χ0v) is 19.4. The van der Waals surface area contributed by atoms with Crippen LogP contribution in [0.4, 0.5) is 0 Å². The molecule has 0 aliphatic carbocycles. The highest BCUT2D eigenvalue weighted by molar-refractivity contribution is 6.42. The zero-order valence-electron chi connectivity index (χ0n) is 17.1. The third kappa shape index (κ3) is 4.31. The molecule has 5 nitrogen and oxygen atoms in total. The Bertz CT molecular complexity index is 1230. The summed E-state index contributed by atoms with van der Waals surface area (Å²) in [4.78, 5) is 25.7. The summed E-state index contributed by atoms with van der Waals surface area (Å²) in [7, 11) is 0. The fourth-order valence-corrected chi connectivity index (χ4v) is 4.11. The van der Waals surface area contributed by atoms with Crippen LogP contribution in [0.25, 0.3) is 22.4 Å². The fourth-order valence-electron chi connectivity index (χ4n) is 3.64. The SMILES string of the molecule is CCOc1cc(-c2c(C)n(CC)c(-c3ccc(Cl)c(Cl)c3)c(C(=O)O)c2=O)ccc1Cl. The standard InChI is InChI=1S/C23H20Cl3NO4/c1-4-27-12(3)19(13-6-9-16(25)18(11-13)31-5-2)22(28)20(23(29)30)21(27)14-7-8-15(24)17(26)10-14/h6-11H,4-5H2,1-3H3,(H,29,30). The van der Waals surface area contributed by atoms with Crippen molar-refractivity contribution in [2.75, 3.05) is 6.61 Å². The number of rotatable bonds is 6. The van der Waals surface area contributed by atoms with E-state index in [1.54, 1.807) is 47.9 Å². The molecule has 0 saturated heterocycles. The largest absolute Gasteiger partial charge is 0.492 e. The van der Waals surface area contributed by atoms with Crippen molar-refractivity contribution in [3.8, 4) is 28.1 Å². The van der Waals surface area contributed by atoms with Crippen LogP contribution in [0, 0.1) is 6.92 Å². The lowest BCUT2D eigenvalue weighted by atomic mass is 9.96. The smallest absolute Gasteiger partial charge is 0.341 e. The second-order valence-corrected chi connectivity index (χ2v) is 7.99. The van der Waals surface area contributed by atoms with Gasteiger partial charge in [-0.3, -0.25) is 4.79 Å². The van der Waals surface area contributed by atoms with Crippen LogP contribution in [0.3, 0.4) is 0 Å². The van der Waals surface area contributed by atoms with Crippen LogP contribution < -0.4 is 10.2 Å². The Morgan fingerprint density at radius 2 is 1.65 bits per heavy atom. The molecule has 3 rings (SSSR count). The summed E-state index contributed by atoms with van der Waals surface area (Å²) < 4.78 is 7.33. The van der Waals surface area contributed by atoms with E-state index in [9.17, 15) is 14.7 Å². The van der Waals surface area contributed by atoms with Gasteiger partial charge < -0.3 is 14.4 Å². The Morgan fingerprint density at radius 1 is 1.00 bits per heavy atom. The molecule has 162 valence electrons. The number of pyridine rings is 1. The minimum absolute atomic E-state index is 0.270. The van der Waals surface area contributed by atoms with E-state index in [1.165, 1.54) is 0 Å². The van der Waals surface area contributed by atoms with Crippen LogP contribution in [0.15, 0.2) is 41.2 Å². The Labute approximate surface area is 194 Å². The van der Waals surface area contributed by atoms with Gasteiger partial charge in [0.05, 0.1) is 27.4 Å². The van der Waals surface area contributed by atoms with Gasteiger partial charge in [0.2, 0.25) is 5.43 Å². The van der Waals surface area contributed by atoms with Gasteiger partial charge in [0.15, 0.2) is 0 Å². The van der Waals surface area contributed by atoms with Gasteiger partial charge in [-0.25, -0.2) is 4.79 Å². The second-order valence-electron chi connectivity index (χ2n) is 6.77. The molecule has 0 fully saturated rings. The lowest BCUT2D eigenvalue weighted by molar-refractivity contribution is 0.0695. The molecular formula is C23H20Cl3NO4. The summed E-state index contributed by atoms with van der Waals surface area (Å²) in [6.45, 7) is 6.31. The fraction of sp³-hybridized carbons (Fsp3) is 0.217. The second kappa shape index (κ2) is 9.35. The predicted molar refractivity (Wildman–Crippen MR) is 125 cm³/mol. The van der Waals surface area contributed by atoms with Crippen LogP contribution in [-0.4, -0.2) is 22.2 Å². The average molecular weight is 481 g/mol. The normalized spacial score (nSPS) is 10.9. The molecule has 1 aromatic heterocycles. The number of nitrogens with zero attached hydrogens (tertiary/aromatic N) is 1. The van der Waals surface area contributed by atoms with Gasteiger partial charge in [0.1, 0.15) is 11.3 Å². The molecule has 2 aromatic carbocycles. The van der Waals surface area contributed by atoms with Gasteiger partial charge in [0.25, 0.3) is 0 Å². The molecule has 31 heavy (non-hydrogen) atoms. The number of ether oxygens (including phenoxy) is 1. The molecule has 0 atom stereocenters. The van der Waals surface area contributed by atoms with E-state index >= 15 is 0 Å². The summed E-state index contributed by atoms with van der Waals surface area (Å²) >= 11 is 18.4. The number of carboxylic acids is 1. The van der Waals surface area contributed by atoms with Crippen molar-refractivity contribution in [3.05, 3.63) is 72.9 Å². The molecule has 8 heteroatoms. The first-order valence-electron chi connectivity index (χ1n) is 9.60. The minimum Gasteiger partial charge on any atom is -0.492 e. The van der Waals surface area contributed by atoms with Crippen LogP contribution in [0.1, 0.15) is 29.9 Å². The van der Waals surface area contributed by atoms with Crippen molar-refractivity contribution in [3.63, 3.8) is 0 Å². The summed E-state index contributed by atoms with van der Waals surface area (Å²) in [6, 6.07) is 9.75. The van der Waals surface area contributed by atoms with Gasteiger partial charge in [-0.05, 0) is 50.6 Å². The maximum absolute atomic E-state index is 13.5. The van der Waals surface area contributed by atoms with E-state index in [-0.39, 0.29) is 21.8 Å². The quantitative estimate of drug-likeness (QED) is 0.433. The number of carbonyl (C=O) groups is 1. The Balaban J connectivity index is 2.41. The molecule has 0 aliphatic rings. The highest BCUT2D eigenvalue weighted by Gasteiger charge is 2.26. The van der Waals surface area contributed by atoms with E-state index in [4.69, 9.17) is 39.5 Å². The van der Waals surface area contributed by atoms with Gasteiger partial charge >= 0.3 is 5.97 Å². The maximum atomic E-state index is 13.5. The van der Waals surface area contributed by atoms with Crippen molar-refractivity contribution >= 4 is 40.8 Å². The van der Waals surface area contributed by atoms with E-state index in [0.717, 1.165) is 0 Å². The third-order valence-corrected chi connectivity index (χ3v) is 6.02. The lowest BCUT2D eigenvalue weighted by Gasteiger charge is -2.21. The predicted octanol–water partition coefficient (Wildman–Crippen LogP) is 6.57. The Morgan fingerprint density at radius 3 is 2.23 bits per heavy atom. The van der Waals surface area contributed by atoms with Crippen molar-refractivity contribution in [2.24, 2.45) is 0 Å². The van der Waals surface area contributed by atoms with Crippen molar-refractivity contribution in [2.45, 2.75) is 27.3 Å². The van der Waals surface area contributed by atoms with Gasteiger partial charge in [-0.15, -0.1) is 0 Å². The zero-order chi connectivity index (χ0) is 22.9. The molecule has 0 unspecified atom stereocenters. The van der Waals surface area contributed by atoms with Crippen LogP contribution >= 0.6 is 34.8 Å². The maximum Gasteiger partial charge on any atom is 0.341 e. The first-order chi connectivity index (χ1) is 14.7. The molecule has 1 heterocycles. The first-order valence-corrected chi connectivity index (χ1v) is 10.7. The van der Waals surface area contributed by atoms with E-state index in [0.29, 0.717) is 45.8 Å². The minimum atomic E-state index is -1.33. The molecular weight excluding hydrogens is 461 g/mol. The molecule has 0 bridgehead atoms. The summed E-state index contributed by atoms with van der Waals surface area (Å²) in [5.41, 5.74) is 1.25. The molecule has 0 aliphatic heterocycles. The van der Waals surface area contributed by atoms with Crippen molar-refractivity contribution in [1.29, 1.82) is 0 Å². The monoisotopic (exact) mass is 479 g/mol. The Hall–Kier alpha value is -2.47. The molecule has 1 N–H and O–H groups in total. The molecule has 3 aromatic rings. The van der Waals surface area contributed by atoms with Gasteiger partial charge in [-0.1, -0.05) is 46.9 Å². The average Bonchev–Trinajstić information content (AvgIpc) is 2.72. The number of hydrogen-bond acceptors (Lipinski definition) is 3. The van der Waals surface area contributed by atoms with Crippen molar-refractivity contribution < 1.29 is 14.6 Å². The molecule has 0 radical (unpaired) electrons. The first kappa shape index (κ1) is 23.2. The van der Waals surface area contributed by atoms with E-state index in [1.807, 2.05) is 13.8 Å². The van der Waals surface area contributed by atoms with Crippen LogP contribution in [0.5, 0.6) is 5.75 Å². The highest BCUT2D eigenvalue weighted by Crippen LogP contribution is 2.35. The third-order valence-electron chi connectivity index (χ3n) is 4.97. The number of aromatic carboxylic acids is 1. The van der Waals surface area contributed by atoms with Gasteiger partial charge in [0, 0.05) is 23.4 Å². The van der Waals surface area contributed by atoms with Crippen LogP contribution in [-0.2, 0) is 6.54 Å². The van der Waals surface area contributed by atoms with E-state index < -0.39 is 11.4 Å². The van der Waals surface area contributed by atoms with Crippen LogP contribution in [0.2, 0.25) is 15.1 Å². The number of carboxylic acid groups (broad SMARTS) is 1. The number of hydrogen-bond donors (Lipinski definition) is 1. The van der Waals surface area contributed by atoms with Gasteiger partial charge in [-0.2, -0.15) is 0 Å². The number of aromatic nitrogens is 1. The summed E-state index contributed by atoms with van der Waals surface area (Å²) in [5.74, 6) is -0.900. The lowest BCUT2D eigenvalue weighted by Crippen LogP contribution is -2.25. The highest BCUT2D eigenvalue weighted by atomic mass is 35.5. The summed E-state index contributed by atoms with van der Waals surface area (Å²) in [6.07, 6.45) is 0. The summed E-state index contributed by atoms with van der Waals surface area (Å²) in [5, 5.41) is 11.0. The topological polar surface area (TPSA) is 68.5 Å². The number of halogens is 3. The van der Waals surface area contributed by atoms with Crippen molar-refractivity contribution in [1.82, 2.24) is 4.57 Å². The van der Waals surface area contributed by atoms with E-state index in [2.05, 4.69) is 0 Å². The Kier molecular flexibility index (Phi) is 6.99. The molecule has 0 saturated carbocycles. The molecule has 0 spiro atoms. The number of benzene rings is 2.